The summed E-state index contributed by atoms with van der Waals surface area (Å²) in [6, 6.07) is 4.90. The van der Waals surface area contributed by atoms with Crippen LogP contribution in [0, 0.1) is 5.92 Å². The molecule has 5 heteroatoms. The van der Waals surface area contributed by atoms with E-state index in [-0.39, 0.29) is 24.2 Å². The lowest BCUT2D eigenvalue weighted by atomic mass is 9.80. The van der Waals surface area contributed by atoms with Gasteiger partial charge in [0.05, 0.1) is 5.92 Å². The van der Waals surface area contributed by atoms with Crippen LogP contribution in [0.5, 0.6) is 0 Å². The molecule has 17 heavy (non-hydrogen) atoms. The molecule has 1 aromatic heterocycles. The van der Waals surface area contributed by atoms with Gasteiger partial charge in [-0.05, 0) is 30.7 Å². The molecule has 2 fully saturated rings. The third-order valence-electron chi connectivity index (χ3n) is 3.87. The van der Waals surface area contributed by atoms with Gasteiger partial charge in [-0.2, -0.15) is 0 Å². The third kappa shape index (κ3) is 2.21. The molecule has 0 radical (unpaired) electrons. The Morgan fingerprint density at radius 1 is 1.47 bits per heavy atom. The molecule has 3 heterocycles. The van der Waals surface area contributed by atoms with Crippen molar-refractivity contribution in [3.63, 3.8) is 0 Å². The predicted molar refractivity (Wildman–Crippen MR) is 70.0 cm³/mol. The summed E-state index contributed by atoms with van der Waals surface area (Å²) in [7, 11) is 0. The maximum Gasteiger partial charge on any atom is 0.307 e. The van der Waals surface area contributed by atoms with E-state index < -0.39 is 5.97 Å². The van der Waals surface area contributed by atoms with E-state index in [0.29, 0.717) is 12.1 Å². The van der Waals surface area contributed by atoms with Crippen molar-refractivity contribution in [1.82, 2.24) is 5.32 Å². The SMILES string of the molecule is Cl.O=C(O)[C@H]1C[C@@H]2CC[C@@H](N2)[C@H]1c1cccs1. The summed E-state index contributed by atoms with van der Waals surface area (Å²) in [6.45, 7) is 0. The first-order valence-electron chi connectivity index (χ1n) is 5.78. The number of hydrogen-bond donors (Lipinski definition) is 2. The average Bonchev–Trinajstić information content (AvgIpc) is 2.89. The normalized spacial score (nSPS) is 35.3. The topological polar surface area (TPSA) is 49.3 Å². The minimum Gasteiger partial charge on any atom is -0.481 e. The van der Waals surface area contributed by atoms with Crippen LogP contribution >= 0.6 is 23.7 Å². The van der Waals surface area contributed by atoms with Gasteiger partial charge in [-0.25, -0.2) is 0 Å². The largest absolute Gasteiger partial charge is 0.481 e. The highest BCUT2D eigenvalue weighted by Crippen LogP contribution is 2.43. The molecule has 0 amide bonds. The Morgan fingerprint density at radius 2 is 2.29 bits per heavy atom. The van der Waals surface area contributed by atoms with Crippen LogP contribution in [0.2, 0.25) is 0 Å². The minimum atomic E-state index is -0.628. The van der Waals surface area contributed by atoms with Gasteiger partial charge in [0.1, 0.15) is 0 Å². The Hall–Kier alpha value is -0.580. The molecule has 94 valence electrons. The molecule has 0 aliphatic carbocycles. The first kappa shape index (κ1) is 12.9. The predicted octanol–water partition coefficient (Wildman–Crippen LogP) is 2.48. The number of thiophene rings is 1. The third-order valence-corrected chi connectivity index (χ3v) is 4.84. The number of nitrogens with one attached hydrogen (secondary N) is 1. The van der Waals surface area contributed by atoms with Crippen LogP contribution in [0.15, 0.2) is 17.5 Å². The molecule has 1 aromatic rings. The van der Waals surface area contributed by atoms with Crippen LogP contribution in [-0.2, 0) is 4.79 Å². The average molecular weight is 274 g/mol. The zero-order valence-electron chi connectivity index (χ0n) is 9.33. The van der Waals surface area contributed by atoms with Gasteiger partial charge in [0.15, 0.2) is 0 Å². The fraction of sp³-hybridized carbons (Fsp3) is 0.583. The van der Waals surface area contributed by atoms with E-state index in [2.05, 4.69) is 11.4 Å². The minimum absolute atomic E-state index is 0. The van der Waals surface area contributed by atoms with Crippen molar-refractivity contribution in [2.45, 2.75) is 37.3 Å². The van der Waals surface area contributed by atoms with Crippen molar-refractivity contribution in [3.05, 3.63) is 22.4 Å². The summed E-state index contributed by atoms with van der Waals surface area (Å²) in [6.07, 6.45) is 3.04. The number of aliphatic carboxylic acids is 1. The van der Waals surface area contributed by atoms with E-state index in [1.807, 2.05) is 11.4 Å². The number of rotatable bonds is 2. The van der Waals surface area contributed by atoms with E-state index >= 15 is 0 Å². The number of hydrogen-bond acceptors (Lipinski definition) is 3. The highest BCUT2D eigenvalue weighted by molar-refractivity contribution is 7.10. The van der Waals surface area contributed by atoms with Gasteiger partial charge in [-0.3, -0.25) is 4.79 Å². The molecule has 2 aliphatic heterocycles. The number of halogens is 1. The van der Waals surface area contributed by atoms with Gasteiger partial charge in [-0.15, -0.1) is 23.7 Å². The van der Waals surface area contributed by atoms with Crippen molar-refractivity contribution in [3.8, 4) is 0 Å². The molecule has 0 saturated carbocycles. The Bertz CT molecular complexity index is 395. The first-order valence-corrected chi connectivity index (χ1v) is 6.66. The molecular formula is C12H16ClNO2S. The summed E-state index contributed by atoms with van der Waals surface area (Å²) in [5, 5.41) is 14.9. The molecule has 0 spiro atoms. The maximum atomic E-state index is 11.4. The zero-order valence-corrected chi connectivity index (χ0v) is 11.0. The second kappa shape index (κ2) is 4.96. The molecule has 3 rings (SSSR count). The molecule has 0 unspecified atom stereocenters. The number of carboxylic acids is 1. The summed E-state index contributed by atoms with van der Waals surface area (Å²) in [5.41, 5.74) is 0. The summed E-state index contributed by atoms with van der Waals surface area (Å²) < 4.78 is 0. The quantitative estimate of drug-likeness (QED) is 0.870. The summed E-state index contributed by atoms with van der Waals surface area (Å²) in [4.78, 5) is 12.6. The maximum absolute atomic E-state index is 11.4. The molecule has 4 atom stereocenters. The fourth-order valence-corrected chi connectivity index (χ4v) is 4.14. The lowest BCUT2D eigenvalue weighted by molar-refractivity contribution is -0.143. The smallest absolute Gasteiger partial charge is 0.307 e. The summed E-state index contributed by atoms with van der Waals surface area (Å²) >= 11 is 1.68. The van der Waals surface area contributed by atoms with Crippen molar-refractivity contribution in [2.75, 3.05) is 0 Å². The van der Waals surface area contributed by atoms with Crippen molar-refractivity contribution < 1.29 is 9.90 Å². The fourth-order valence-electron chi connectivity index (χ4n) is 3.18. The van der Waals surface area contributed by atoms with Crippen LogP contribution in [0.25, 0.3) is 0 Å². The first-order chi connectivity index (χ1) is 7.75. The number of piperidine rings is 1. The zero-order chi connectivity index (χ0) is 11.1. The van der Waals surface area contributed by atoms with Crippen LogP contribution in [0.4, 0.5) is 0 Å². The van der Waals surface area contributed by atoms with E-state index in [9.17, 15) is 9.90 Å². The monoisotopic (exact) mass is 273 g/mol. The van der Waals surface area contributed by atoms with Gasteiger partial charge in [-0.1, -0.05) is 6.07 Å². The van der Waals surface area contributed by atoms with E-state index in [4.69, 9.17) is 0 Å². The highest BCUT2D eigenvalue weighted by atomic mass is 35.5. The molecule has 2 saturated heterocycles. The lowest BCUT2D eigenvalue weighted by Crippen LogP contribution is -2.46. The molecule has 3 nitrogen and oxygen atoms in total. The van der Waals surface area contributed by atoms with Crippen molar-refractivity contribution >= 4 is 29.7 Å². The number of carboxylic acid groups (broad SMARTS) is 1. The Morgan fingerprint density at radius 3 is 2.94 bits per heavy atom. The van der Waals surface area contributed by atoms with Crippen LogP contribution < -0.4 is 5.32 Å². The van der Waals surface area contributed by atoms with E-state index in [1.54, 1.807) is 11.3 Å². The van der Waals surface area contributed by atoms with E-state index in [1.165, 1.54) is 4.88 Å². The number of fused-ring (bicyclic) bond motifs is 2. The van der Waals surface area contributed by atoms with Gasteiger partial charge < -0.3 is 10.4 Å². The van der Waals surface area contributed by atoms with Gasteiger partial charge in [0, 0.05) is 22.9 Å². The van der Waals surface area contributed by atoms with Gasteiger partial charge in [0.2, 0.25) is 0 Å². The van der Waals surface area contributed by atoms with Crippen LogP contribution in [0.3, 0.4) is 0 Å². The molecule has 0 aromatic carbocycles. The lowest BCUT2D eigenvalue weighted by Gasteiger charge is -2.34. The second-order valence-electron chi connectivity index (χ2n) is 4.77. The molecule has 2 N–H and O–H groups in total. The van der Waals surface area contributed by atoms with Crippen LogP contribution in [0.1, 0.15) is 30.1 Å². The second-order valence-corrected chi connectivity index (χ2v) is 5.75. The summed E-state index contributed by atoms with van der Waals surface area (Å²) in [5.74, 6) is -0.648. The van der Waals surface area contributed by atoms with Crippen molar-refractivity contribution in [2.24, 2.45) is 5.92 Å². The number of carbonyl (C=O) groups is 1. The highest BCUT2D eigenvalue weighted by Gasteiger charge is 2.45. The van der Waals surface area contributed by atoms with Crippen LogP contribution in [-0.4, -0.2) is 23.2 Å². The Kier molecular flexibility index (Phi) is 3.76. The Labute approximate surface area is 111 Å². The molecule has 2 bridgehead atoms. The van der Waals surface area contributed by atoms with E-state index in [0.717, 1.165) is 19.3 Å². The standard InChI is InChI=1S/C12H15NO2S.ClH/c14-12(15)8-6-7-3-4-9(13-7)11(8)10-2-1-5-16-10;/h1-2,5,7-9,11,13H,3-4,6H2,(H,14,15);1H/t7-,8-,9+,11-;/m0./s1. The van der Waals surface area contributed by atoms with Gasteiger partial charge >= 0.3 is 5.97 Å². The van der Waals surface area contributed by atoms with Gasteiger partial charge in [0.25, 0.3) is 0 Å². The molecule has 2 aliphatic rings. The molecular weight excluding hydrogens is 258 g/mol. The van der Waals surface area contributed by atoms with Crippen molar-refractivity contribution in [1.29, 1.82) is 0 Å². The Balaban J connectivity index is 0.00000108.